The van der Waals surface area contributed by atoms with Gasteiger partial charge in [-0.25, -0.2) is 0 Å². The molecule has 2 aromatic rings. The molecule has 0 aliphatic carbocycles. The average Bonchev–Trinajstić information content (AvgIpc) is 2.91. The quantitative estimate of drug-likeness (QED) is 0.774. The van der Waals surface area contributed by atoms with Crippen LogP contribution in [0.25, 0.3) is 0 Å². The summed E-state index contributed by atoms with van der Waals surface area (Å²) in [5.41, 5.74) is 1.89. The van der Waals surface area contributed by atoms with E-state index in [0.29, 0.717) is 24.1 Å². The molecule has 1 N–H and O–H groups in total. The summed E-state index contributed by atoms with van der Waals surface area (Å²) in [6, 6.07) is 14.3. The fourth-order valence-corrected chi connectivity index (χ4v) is 2.88. The molecule has 0 saturated carbocycles. The molecule has 6 heteroatoms. The number of nitrogens with zero attached hydrogens (tertiary/aromatic N) is 1. The molecule has 0 aromatic heterocycles. The minimum atomic E-state index is -0.336. The van der Waals surface area contributed by atoms with Crippen molar-refractivity contribution in [3.05, 3.63) is 65.2 Å². The molecule has 0 saturated heterocycles. The standard InChI is InChI=1S/C20H20N2O4/c1-26-15-8-6-14(7-9-15)10-12-21-18(23)11-13-22-19(24)16-4-2-3-5-17(16)20(22)25/h2-9H,10-13H2,1H3,(H,21,23). The largest absolute Gasteiger partial charge is 0.497 e. The van der Waals surface area contributed by atoms with Gasteiger partial charge < -0.3 is 10.1 Å². The van der Waals surface area contributed by atoms with Gasteiger partial charge in [-0.15, -0.1) is 0 Å². The lowest BCUT2D eigenvalue weighted by atomic mass is 10.1. The maximum Gasteiger partial charge on any atom is 0.261 e. The second-order valence-electron chi connectivity index (χ2n) is 6.01. The van der Waals surface area contributed by atoms with Crippen LogP contribution in [-0.4, -0.2) is 42.8 Å². The van der Waals surface area contributed by atoms with E-state index in [2.05, 4.69) is 5.32 Å². The smallest absolute Gasteiger partial charge is 0.261 e. The second-order valence-corrected chi connectivity index (χ2v) is 6.01. The lowest BCUT2D eigenvalue weighted by Gasteiger charge is -2.13. The Kier molecular flexibility index (Phi) is 5.31. The molecule has 6 nitrogen and oxygen atoms in total. The molecule has 0 atom stereocenters. The first-order valence-electron chi connectivity index (χ1n) is 8.45. The van der Waals surface area contributed by atoms with Crippen molar-refractivity contribution in [3.63, 3.8) is 0 Å². The molecule has 0 bridgehead atoms. The predicted octanol–water partition coefficient (Wildman–Crippen LogP) is 2.04. The Morgan fingerprint density at radius 1 is 1.00 bits per heavy atom. The van der Waals surface area contributed by atoms with E-state index >= 15 is 0 Å². The van der Waals surface area contributed by atoms with Crippen LogP contribution in [0.1, 0.15) is 32.7 Å². The van der Waals surface area contributed by atoms with Crippen LogP contribution in [0.2, 0.25) is 0 Å². The van der Waals surface area contributed by atoms with Gasteiger partial charge in [0.2, 0.25) is 5.91 Å². The van der Waals surface area contributed by atoms with Gasteiger partial charge in [-0.2, -0.15) is 0 Å². The molecule has 2 aromatic carbocycles. The molecule has 3 rings (SSSR count). The number of ether oxygens (including phenoxy) is 1. The van der Waals surface area contributed by atoms with Crippen molar-refractivity contribution in [2.75, 3.05) is 20.2 Å². The number of methoxy groups -OCH3 is 1. The molecule has 0 unspecified atom stereocenters. The molecular formula is C20H20N2O4. The normalized spacial score (nSPS) is 12.9. The van der Waals surface area contributed by atoms with E-state index in [9.17, 15) is 14.4 Å². The SMILES string of the molecule is COc1ccc(CCNC(=O)CCN2C(=O)c3ccccc3C2=O)cc1. The van der Waals surface area contributed by atoms with Crippen LogP contribution >= 0.6 is 0 Å². The van der Waals surface area contributed by atoms with Gasteiger partial charge in [-0.3, -0.25) is 19.3 Å². The van der Waals surface area contributed by atoms with Crippen LogP contribution in [0, 0.1) is 0 Å². The van der Waals surface area contributed by atoms with Crippen LogP contribution in [-0.2, 0) is 11.2 Å². The highest BCUT2D eigenvalue weighted by atomic mass is 16.5. The summed E-state index contributed by atoms with van der Waals surface area (Å²) < 4.78 is 5.10. The minimum Gasteiger partial charge on any atom is -0.497 e. The summed E-state index contributed by atoms with van der Waals surface area (Å²) in [5.74, 6) is -0.0675. The first-order chi connectivity index (χ1) is 12.6. The number of benzene rings is 2. The molecule has 1 heterocycles. The van der Waals surface area contributed by atoms with Crippen LogP contribution < -0.4 is 10.1 Å². The number of hydrogen-bond donors (Lipinski definition) is 1. The number of rotatable bonds is 7. The van der Waals surface area contributed by atoms with Crippen LogP contribution in [0.4, 0.5) is 0 Å². The minimum absolute atomic E-state index is 0.0840. The third kappa shape index (κ3) is 3.74. The van der Waals surface area contributed by atoms with Crippen LogP contribution in [0.15, 0.2) is 48.5 Å². The van der Waals surface area contributed by atoms with Gasteiger partial charge in [0.1, 0.15) is 5.75 Å². The van der Waals surface area contributed by atoms with Gasteiger partial charge in [-0.1, -0.05) is 24.3 Å². The fraction of sp³-hybridized carbons (Fsp3) is 0.250. The highest BCUT2D eigenvalue weighted by molar-refractivity contribution is 6.21. The molecule has 1 aliphatic heterocycles. The van der Waals surface area contributed by atoms with Crippen molar-refractivity contribution in [1.29, 1.82) is 0 Å². The second kappa shape index (κ2) is 7.82. The van der Waals surface area contributed by atoms with Gasteiger partial charge in [0.05, 0.1) is 18.2 Å². The van der Waals surface area contributed by atoms with E-state index in [1.165, 1.54) is 0 Å². The predicted molar refractivity (Wildman–Crippen MR) is 96.1 cm³/mol. The summed E-state index contributed by atoms with van der Waals surface area (Å²) in [6.45, 7) is 0.577. The van der Waals surface area contributed by atoms with Gasteiger partial charge >= 0.3 is 0 Å². The number of fused-ring (bicyclic) bond motifs is 1. The molecule has 134 valence electrons. The number of hydrogen-bond acceptors (Lipinski definition) is 4. The molecule has 3 amide bonds. The number of carbonyl (C=O) groups is 3. The van der Waals surface area contributed by atoms with E-state index in [0.717, 1.165) is 16.2 Å². The Hall–Kier alpha value is -3.15. The Bertz CT molecular complexity index is 795. The summed E-state index contributed by atoms with van der Waals surface area (Å²) in [6.07, 6.45) is 0.789. The van der Waals surface area contributed by atoms with Gasteiger partial charge in [0.25, 0.3) is 11.8 Å². The topological polar surface area (TPSA) is 75.7 Å². The van der Waals surface area contributed by atoms with Crippen molar-refractivity contribution < 1.29 is 19.1 Å². The summed E-state index contributed by atoms with van der Waals surface area (Å²) in [4.78, 5) is 37.6. The Balaban J connectivity index is 1.44. The zero-order valence-electron chi connectivity index (χ0n) is 14.5. The molecule has 0 fully saturated rings. The number of carbonyl (C=O) groups excluding carboxylic acids is 3. The molecule has 0 spiro atoms. The summed E-state index contributed by atoms with van der Waals surface area (Å²) in [7, 11) is 1.61. The number of imide groups is 1. The first kappa shape index (κ1) is 17.7. The highest BCUT2D eigenvalue weighted by Crippen LogP contribution is 2.22. The summed E-state index contributed by atoms with van der Waals surface area (Å²) in [5, 5.41) is 2.82. The maximum atomic E-state index is 12.2. The molecule has 1 aliphatic rings. The zero-order valence-corrected chi connectivity index (χ0v) is 14.5. The maximum absolute atomic E-state index is 12.2. The fourth-order valence-electron chi connectivity index (χ4n) is 2.88. The zero-order chi connectivity index (χ0) is 18.5. The number of amides is 3. The molecular weight excluding hydrogens is 332 g/mol. The van der Waals surface area contributed by atoms with Gasteiger partial charge in [0.15, 0.2) is 0 Å². The van der Waals surface area contributed by atoms with Crippen molar-refractivity contribution in [2.45, 2.75) is 12.8 Å². The molecule has 0 radical (unpaired) electrons. The Morgan fingerprint density at radius 2 is 1.62 bits per heavy atom. The lowest BCUT2D eigenvalue weighted by Crippen LogP contribution is -2.35. The Morgan fingerprint density at radius 3 is 2.19 bits per heavy atom. The van der Waals surface area contributed by atoms with Crippen molar-refractivity contribution >= 4 is 17.7 Å². The van der Waals surface area contributed by atoms with Crippen molar-refractivity contribution in [2.24, 2.45) is 0 Å². The monoisotopic (exact) mass is 352 g/mol. The lowest BCUT2D eigenvalue weighted by molar-refractivity contribution is -0.121. The van der Waals surface area contributed by atoms with Crippen LogP contribution in [0.5, 0.6) is 5.75 Å². The van der Waals surface area contributed by atoms with E-state index in [4.69, 9.17) is 4.74 Å². The van der Waals surface area contributed by atoms with Gasteiger partial charge in [0, 0.05) is 19.5 Å². The first-order valence-corrected chi connectivity index (χ1v) is 8.45. The van der Waals surface area contributed by atoms with E-state index in [-0.39, 0.29) is 30.7 Å². The highest BCUT2D eigenvalue weighted by Gasteiger charge is 2.34. The van der Waals surface area contributed by atoms with Crippen LogP contribution in [0.3, 0.4) is 0 Å². The van der Waals surface area contributed by atoms with E-state index in [1.807, 2.05) is 24.3 Å². The van der Waals surface area contributed by atoms with Crippen molar-refractivity contribution in [3.8, 4) is 5.75 Å². The Labute approximate surface area is 151 Å². The molecule has 26 heavy (non-hydrogen) atoms. The van der Waals surface area contributed by atoms with Crippen molar-refractivity contribution in [1.82, 2.24) is 10.2 Å². The van der Waals surface area contributed by atoms with E-state index in [1.54, 1.807) is 31.4 Å². The number of nitrogens with one attached hydrogen (secondary N) is 1. The van der Waals surface area contributed by atoms with E-state index < -0.39 is 0 Å². The third-order valence-electron chi connectivity index (χ3n) is 4.34. The summed E-state index contributed by atoms with van der Waals surface area (Å²) >= 11 is 0. The third-order valence-corrected chi connectivity index (χ3v) is 4.34. The average molecular weight is 352 g/mol. The van der Waals surface area contributed by atoms with Gasteiger partial charge in [-0.05, 0) is 36.2 Å².